The number of hydrogen-bond donors (Lipinski definition) is 2. The Morgan fingerprint density at radius 2 is 1.97 bits per heavy atom. The molecule has 0 spiro atoms. The zero-order chi connectivity index (χ0) is 24.2. The first-order valence-corrected chi connectivity index (χ1v) is 12.1. The number of aliphatic hydroxyl groups is 1. The molecule has 3 atom stereocenters. The van der Waals surface area contributed by atoms with Gasteiger partial charge in [-0.3, -0.25) is 14.5 Å². The molecule has 1 aliphatic carbocycles. The number of nitrogens with one attached hydrogen (secondary N) is 1. The summed E-state index contributed by atoms with van der Waals surface area (Å²) in [5.41, 5.74) is 2.23. The van der Waals surface area contributed by atoms with Crippen LogP contribution in [-0.4, -0.2) is 65.6 Å². The van der Waals surface area contributed by atoms with Crippen LogP contribution in [0, 0.1) is 11.8 Å². The molecule has 1 aliphatic heterocycles. The van der Waals surface area contributed by atoms with Gasteiger partial charge in [0.15, 0.2) is 0 Å². The Balaban J connectivity index is 1.58. The quantitative estimate of drug-likeness (QED) is 0.625. The minimum atomic E-state index is -0.326. The summed E-state index contributed by atoms with van der Waals surface area (Å²) in [6.07, 6.45) is 1.67. The van der Waals surface area contributed by atoms with E-state index in [0.29, 0.717) is 30.1 Å². The topological polar surface area (TPSA) is 82.1 Å². The maximum absolute atomic E-state index is 13.5. The number of carbonyl (C=O) groups excluding carboxylic acids is 2. The van der Waals surface area contributed by atoms with Crippen LogP contribution < -0.4 is 10.1 Å². The van der Waals surface area contributed by atoms with E-state index in [1.165, 1.54) is 5.56 Å². The van der Waals surface area contributed by atoms with Crippen molar-refractivity contribution < 1.29 is 19.4 Å². The third-order valence-electron chi connectivity index (χ3n) is 6.67. The zero-order valence-electron chi connectivity index (χ0n) is 20.2. The molecule has 1 fully saturated rings. The lowest BCUT2D eigenvalue weighted by Gasteiger charge is -2.38. The molecule has 7 heteroatoms. The van der Waals surface area contributed by atoms with Gasteiger partial charge in [-0.25, -0.2) is 0 Å². The summed E-state index contributed by atoms with van der Waals surface area (Å²) in [4.78, 5) is 29.7. The summed E-state index contributed by atoms with van der Waals surface area (Å²) in [7, 11) is 2.07. The van der Waals surface area contributed by atoms with Crippen LogP contribution in [0.4, 0.5) is 5.69 Å². The largest absolute Gasteiger partial charge is 0.488 e. The molecular formula is C27H35N3O4. The second-order valence-electron chi connectivity index (χ2n) is 9.78. The van der Waals surface area contributed by atoms with Crippen LogP contribution >= 0.6 is 0 Å². The van der Waals surface area contributed by atoms with Crippen molar-refractivity contribution >= 4 is 17.5 Å². The van der Waals surface area contributed by atoms with E-state index in [4.69, 9.17) is 4.74 Å². The summed E-state index contributed by atoms with van der Waals surface area (Å²) in [6.45, 7) is 5.77. The van der Waals surface area contributed by atoms with Gasteiger partial charge < -0.3 is 20.1 Å². The fourth-order valence-corrected chi connectivity index (χ4v) is 4.37. The Bertz CT molecular complexity index is 1010. The lowest BCUT2D eigenvalue weighted by Crippen LogP contribution is -2.49. The van der Waals surface area contributed by atoms with E-state index >= 15 is 0 Å². The summed E-state index contributed by atoms with van der Waals surface area (Å²) in [6, 6.07) is 15.2. The van der Waals surface area contributed by atoms with Gasteiger partial charge in [-0.2, -0.15) is 0 Å². The second kappa shape index (κ2) is 10.6. The van der Waals surface area contributed by atoms with Crippen molar-refractivity contribution in [2.45, 2.75) is 45.4 Å². The minimum Gasteiger partial charge on any atom is -0.488 e. The highest BCUT2D eigenvalue weighted by Crippen LogP contribution is 2.33. The molecule has 4 rings (SSSR count). The monoisotopic (exact) mass is 465 g/mol. The van der Waals surface area contributed by atoms with E-state index in [1.54, 1.807) is 23.1 Å². The first-order valence-electron chi connectivity index (χ1n) is 12.1. The molecule has 0 radical (unpaired) electrons. The molecule has 1 heterocycles. The maximum Gasteiger partial charge on any atom is 0.258 e. The number of hydrogen-bond acceptors (Lipinski definition) is 5. The molecule has 0 bridgehead atoms. The predicted molar refractivity (Wildman–Crippen MR) is 132 cm³/mol. The number of ether oxygens (including phenoxy) is 1. The van der Waals surface area contributed by atoms with Gasteiger partial charge in [0.25, 0.3) is 5.91 Å². The molecule has 2 N–H and O–H groups in total. The molecule has 0 aromatic heterocycles. The van der Waals surface area contributed by atoms with Gasteiger partial charge in [0.2, 0.25) is 5.91 Å². The standard InChI is InChI=1S/C27H35N3O4/c1-18-14-30(19(2)17-31)27(33)23-13-22(28-26(32)21-9-10-21)11-12-24(23)34-25(18)16-29(3)15-20-7-5-4-6-8-20/h4-8,11-13,18-19,21,25,31H,9-10,14-17H2,1-3H3,(H,28,32)/t18-,19+,25+/m1/s1. The van der Waals surface area contributed by atoms with E-state index in [2.05, 4.69) is 36.3 Å². The molecule has 1 saturated carbocycles. The van der Waals surface area contributed by atoms with Gasteiger partial charge >= 0.3 is 0 Å². The van der Waals surface area contributed by atoms with Crippen LogP contribution in [0.3, 0.4) is 0 Å². The third kappa shape index (κ3) is 5.77. The summed E-state index contributed by atoms with van der Waals surface area (Å²) >= 11 is 0. The van der Waals surface area contributed by atoms with Gasteiger partial charge in [-0.15, -0.1) is 0 Å². The number of anilines is 1. The number of likely N-dealkylation sites (N-methyl/N-ethyl adjacent to an activating group) is 1. The van der Waals surface area contributed by atoms with Crippen molar-refractivity contribution in [2.24, 2.45) is 11.8 Å². The summed E-state index contributed by atoms with van der Waals surface area (Å²) in [5.74, 6) is 0.439. The molecule has 0 unspecified atom stereocenters. The molecule has 2 aromatic carbocycles. The number of nitrogens with zero attached hydrogens (tertiary/aromatic N) is 2. The number of amides is 2. The molecule has 0 saturated heterocycles. The van der Waals surface area contributed by atoms with E-state index in [0.717, 1.165) is 19.4 Å². The fraction of sp³-hybridized carbons (Fsp3) is 0.481. The van der Waals surface area contributed by atoms with Crippen molar-refractivity contribution in [2.75, 3.05) is 32.1 Å². The van der Waals surface area contributed by atoms with Crippen molar-refractivity contribution in [3.63, 3.8) is 0 Å². The number of carbonyl (C=O) groups is 2. The predicted octanol–water partition coefficient (Wildman–Crippen LogP) is 3.39. The normalized spacial score (nSPS) is 21.3. The molecule has 2 aromatic rings. The van der Waals surface area contributed by atoms with Crippen molar-refractivity contribution in [3.05, 3.63) is 59.7 Å². The van der Waals surface area contributed by atoms with Gasteiger partial charge in [0.05, 0.1) is 18.2 Å². The van der Waals surface area contributed by atoms with E-state index < -0.39 is 0 Å². The van der Waals surface area contributed by atoms with Crippen LogP contribution in [0.1, 0.15) is 42.6 Å². The van der Waals surface area contributed by atoms with Crippen LogP contribution in [-0.2, 0) is 11.3 Å². The summed E-state index contributed by atoms with van der Waals surface area (Å²) < 4.78 is 6.45. The Morgan fingerprint density at radius 1 is 1.24 bits per heavy atom. The van der Waals surface area contributed by atoms with Gasteiger partial charge in [-0.1, -0.05) is 37.3 Å². The Morgan fingerprint density at radius 3 is 2.65 bits per heavy atom. The molecule has 182 valence electrons. The van der Waals surface area contributed by atoms with Crippen molar-refractivity contribution in [1.29, 1.82) is 0 Å². The average molecular weight is 466 g/mol. The summed E-state index contributed by atoms with van der Waals surface area (Å²) in [5, 5.41) is 12.8. The van der Waals surface area contributed by atoms with E-state index in [9.17, 15) is 14.7 Å². The maximum atomic E-state index is 13.5. The highest BCUT2D eigenvalue weighted by molar-refractivity contribution is 6.00. The SMILES string of the molecule is C[C@@H]1CN([C@@H](C)CO)C(=O)c2cc(NC(=O)C3CC3)ccc2O[C@H]1CN(C)Cc1ccccc1. The highest BCUT2D eigenvalue weighted by Gasteiger charge is 2.34. The molecule has 7 nitrogen and oxygen atoms in total. The molecule has 2 aliphatic rings. The van der Waals surface area contributed by atoms with Crippen LogP contribution in [0.25, 0.3) is 0 Å². The zero-order valence-corrected chi connectivity index (χ0v) is 20.2. The smallest absolute Gasteiger partial charge is 0.258 e. The fourth-order valence-electron chi connectivity index (χ4n) is 4.37. The number of aliphatic hydroxyl groups excluding tert-OH is 1. The van der Waals surface area contributed by atoms with Crippen molar-refractivity contribution in [3.8, 4) is 5.75 Å². The van der Waals surface area contributed by atoms with Gasteiger partial charge in [0, 0.05) is 37.2 Å². The first-order chi connectivity index (χ1) is 16.4. The Kier molecular flexibility index (Phi) is 7.54. The molecule has 2 amide bonds. The van der Waals surface area contributed by atoms with Crippen molar-refractivity contribution in [1.82, 2.24) is 9.80 Å². The number of rotatable bonds is 8. The van der Waals surface area contributed by atoms with Crippen LogP contribution in [0.2, 0.25) is 0 Å². The van der Waals surface area contributed by atoms with Crippen LogP contribution in [0.5, 0.6) is 5.75 Å². The Hall–Kier alpha value is -2.90. The average Bonchev–Trinajstić information content (AvgIpc) is 3.67. The third-order valence-corrected chi connectivity index (χ3v) is 6.67. The highest BCUT2D eigenvalue weighted by atomic mass is 16.5. The molecular weight excluding hydrogens is 430 g/mol. The van der Waals surface area contributed by atoms with Gasteiger partial charge in [0.1, 0.15) is 11.9 Å². The first kappa shape index (κ1) is 24.2. The van der Waals surface area contributed by atoms with Crippen LogP contribution in [0.15, 0.2) is 48.5 Å². The number of benzene rings is 2. The van der Waals surface area contributed by atoms with Gasteiger partial charge in [-0.05, 0) is 50.6 Å². The molecule has 34 heavy (non-hydrogen) atoms. The second-order valence-corrected chi connectivity index (χ2v) is 9.78. The van der Waals surface area contributed by atoms with E-state index in [1.807, 2.05) is 25.1 Å². The Labute approximate surface area is 201 Å². The minimum absolute atomic E-state index is 0.00576. The van der Waals surface area contributed by atoms with E-state index in [-0.39, 0.29) is 42.4 Å². The number of fused-ring (bicyclic) bond motifs is 1. The lowest BCUT2D eigenvalue weighted by molar-refractivity contribution is -0.117. The lowest BCUT2D eigenvalue weighted by atomic mass is 9.99.